The average molecular weight is 286 g/mol. The molecular formula is C13H7F5N2. The lowest BCUT2D eigenvalue weighted by Gasteiger charge is -2.17. The highest BCUT2D eigenvalue weighted by Gasteiger charge is 2.35. The molecule has 1 aromatic rings. The van der Waals surface area contributed by atoms with Gasteiger partial charge in [-0.15, -0.1) is 6.58 Å². The van der Waals surface area contributed by atoms with E-state index in [4.69, 9.17) is 10.5 Å². The topological polar surface area (TPSA) is 47.6 Å². The molecule has 0 saturated heterocycles. The van der Waals surface area contributed by atoms with Crippen LogP contribution in [0.15, 0.2) is 12.7 Å². The molecule has 0 unspecified atom stereocenters. The Morgan fingerprint density at radius 2 is 1.30 bits per heavy atom. The molecule has 1 rings (SSSR count). The lowest BCUT2D eigenvalue weighted by molar-refractivity contribution is 0.361. The van der Waals surface area contributed by atoms with Gasteiger partial charge in [-0.05, 0) is 6.42 Å². The van der Waals surface area contributed by atoms with Crippen molar-refractivity contribution in [3.63, 3.8) is 0 Å². The third kappa shape index (κ3) is 2.48. The molecule has 0 heterocycles. The number of rotatable bonds is 4. The quantitative estimate of drug-likeness (QED) is 0.368. The molecule has 0 radical (unpaired) electrons. The first-order valence-corrected chi connectivity index (χ1v) is 5.27. The Labute approximate surface area is 111 Å². The largest absolute Gasteiger partial charge is 0.203 e. The van der Waals surface area contributed by atoms with Crippen LogP contribution in [0, 0.1) is 57.2 Å². The second-order valence-electron chi connectivity index (χ2n) is 4.02. The van der Waals surface area contributed by atoms with Gasteiger partial charge in [-0.25, -0.2) is 22.0 Å². The fourth-order valence-electron chi connectivity index (χ4n) is 1.62. The average Bonchev–Trinajstić information content (AvgIpc) is 2.46. The van der Waals surface area contributed by atoms with Gasteiger partial charge in [0.2, 0.25) is 5.82 Å². The highest BCUT2D eigenvalue weighted by molar-refractivity contribution is 5.30. The minimum Gasteiger partial charge on any atom is -0.203 e. The van der Waals surface area contributed by atoms with Crippen molar-refractivity contribution in [3.05, 3.63) is 47.3 Å². The van der Waals surface area contributed by atoms with Crippen LogP contribution < -0.4 is 0 Å². The molecule has 0 aliphatic carbocycles. The van der Waals surface area contributed by atoms with Crippen molar-refractivity contribution >= 4 is 0 Å². The van der Waals surface area contributed by atoms with Crippen LogP contribution in [0.4, 0.5) is 22.0 Å². The van der Waals surface area contributed by atoms with Crippen LogP contribution in [-0.4, -0.2) is 0 Å². The zero-order valence-electron chi connectivity index (χ0n) is 9.98. The Bertz CT molecular complexity index is 597. The summed E-state index contributed by atoms with van der Waals surface area (Å²) in [6, 6.07) is 3.04. The second-order valence-corrected chi connectivity index (χ2v) is 4.02. The van der Waals surface area contributed by atoms with Crippen molar-refractivity contribution in [2.75, 3.05) is 0 Å². The molecule has 0 spiro atoms. The molecule has 2 nitrogen and oxygen atoms in total. The Morgan fingerprint density at radius 3 is 1.65 bits per heavy atom. The molecule has 0 saturated carbocycles. The Kier molecular flexibility index (Phi) is 4.46. The second kappa shape index (κ2) is 5.70. The first kappa shape index (κ1) is 15.6. The number of hydrogen-bond donors (Lipinski definition) is 0. The molecule has 0 aliphatic rings. The normalized spacial score (nSPS) is 10.8. The molecule has 7 heteroatoms. The van der Waals surface area contributed by atoms with E-state index in [0.29, 0.717) is 0 Å². The van der Waals surface area contributed by atoms with Crippen LogP contribution in [0.2, 0.25) is 0 Å². The van der Waals surface area contributed by atoms with Gasteiger partial charge in [-0.1, -0.05) is 6.08 Å². The van der Waals surface area contributed by atoms with Crippen LogP contribution in [-0.2, 0) is 6.42 Å². The maximum Gasteiger partial charge on any atom is 0.200 e. The summed E-state index contributed by atoms with van der Waals surface area (Å²) in [6.07, 6.45) is -0.0597. The number of allylic oxidation sites excluding steroid dienone is 1. The number of hydrogen-bond acceptors (Lipinski definition) is 2. The van der Waals surface area contributed by atoms with Gasteiger partial charge in [0.05, 0.1) is 12.1 Å². The SMILES string of the molecule is C=CCC(C#N)(C#N)Cc1c(F)c(F)c(F)c(F)c1F. The summed E-state index contributed by atoms with van der Waals surface area (Å²) in [7, 11) is 0. The zero-order chi connectivity index (χ0) is 15.5. The van der Waals surface area contributed by atoms with Crippen molar-refractivity contribution in [3.8, 4) is 12.1 Å². The molecule has 0 fully saturated rings. The van der Waals surface area contributed by atoms with E-state index in [1.54, 1.807) is 0 Å². The lowest BCUT2D eigenvalue weighted by atomic mass is 9.81. The Morgan fingerprint density at radius 1 is 0.900 bits per heavy atom. The van der Waals surface area contributed by atoms with Gasteiger partial charge in [0.1, 0.15) is 0 Å². The molecule has 0 aliphatic heterocycles. The summed E-state index contributed by atoms with van der Waals surface area (Å²) in [5.41, 5.74) is -3.13. The van der Waals surface area contributed by atoms with Gasteiger partial charge in [-0.3, -0.25) is 0 Å². The van der Waals surface area contributed by atoms with Gasteiger partial charge in [-0.2, -0.15) is 10.5 Å². The summed E-state index contributed by atoms with van der Waals surface area (Å²) < 4.78 is 65.9. The summed E-state index contributed by atoms with van der Waals surface area (Å²) in [5, 5.41) is 17.8. The smallest absolute Gasteiger partial charge is 0.200 e. The molecule has 20 heavy (non-hydrogen) atoms. The van der Waals surface area contributed by atoms with E-state index in [9.17, 15) is 22.0 Å². The minimum atomic E-state index is -2.29. The first-order valence-electron chi connectivity index (χ1n) is 5.27. The molecular weight excluding hydrogens is 279 g/mol. The summed E-state index contributed by atoms with van der Waals surface area (Å²) >= 11 is 0. The number of halogens is 5. The van der Waals surface area contributed by atoms with Crippen LogP contribution >= 0.6 is 0 Å². The molecule has 1 aromatic carbocycles. The highest BCUT2D eigenvalue weighted by atomic mass is 19.2. The van der Waals surface area contributed by atoms with Gasteiger partial charge in [0.15, 0.2) is 28.7 Å². The molecule has 0 amide bonds. The summed E-state index contributed by atoms with van der Waals surface area (Å²) in [6.45, 7) is 3.28. The highest BCUT2D eigenvalue weighted by Crippen LogP contribution is 2.31. The monoisotopic (exact) mass is 286 g/mol. The first-order chi connectivity index (χ1) is 9.33. The van der Waals surface area contributed by atoms with Crippen LogP contribution in [0.3, 0.4) is 0 Å². The Balaban J connectivity index is 3.47. The van der Waals surface area contributed by atoms with Crippen molar-refractivity contribution < 1.29 is 22.0 Å². The van der Waals surface area contributed by atoms with Crippen LogP contribution in [0.1, 0.15) is 12.0 Å². The Hall–Kier alpha value is -2.41. The third-order valence-electron chi connectivity index (χ3n) is 2.70. The van der Waals surface area contributed by atoms with Crippen molar-refractivity contribution in [2.24, 2.45) is 5.41 Å². The van der Waals surface area contributed by atoms with Gasteiger partial charge in [0, 0.05) is 12.0 Å². The molecule has 0 aromatic heterocycles. The van der Waals surface area contributed by atoms with Crippen molar-refractivity contribution in [1.82, 2.24) is 0 Å². The summed E-state index contributed by atoms with van der Waals surface area (Å²) in [5.74, 6) is -10.6. The maximum atomic E-state index is 13.5. The zero-order valence-corrected chi connectivity index (χ0v) is 9.98. The maximum absolute atomic E-state index is 13.5. The number of nitriles is 2. The molecule has 0 atom stereocenters. The van der Waals surface area contributed by atoms with Gasteiger partial charge < -0.3 is 0 Å². The van der Waals surface area contributed by atoms with E-state index in [-0.39, 0.29) is 6.42 Å². The molecule has 104 valence electrons. The van der Waals surface area contributed by atoms with E-state index < -0.39 is 46.5 Å². The lowest BCUT2D eigenvalue weighted by Crippen LogP contribution is -2.22. The molecule has 0 N–H and O–H groups in total. The van der Waals surface area contributed by atoms with E-state index >= 15 is 0 Å². The van der Waals surface area contributed by atoms with Gasteiger partial charge >= 0.3 is 0 Å². The fraction of sp³-hybridized carbons (Fsp3) is 0.231. The predicted octanol–water partition coefficient (Wildman–Crippen LogP) is 3.53. The van der Waals surface area contributed by atoms with Crippen molar-refractivity contribution in [2.45, 2.75) is 12.8 Å². The van der Waals surface area contributed by atoms with E-state index in [0.717, 1.165) is 6.08 Å². The molecule has 0 bridgehead atoms. The van der Waals surface area contributed by atoms with E-state index in [1.165, 1.54) is 12.1 Å². The van der Waals surface area contributed by atoms with Gasteiger partial charge in [0.25, 0.3) is 0 Å². The summed E-state index contributed by atoms with van der Waals surface area (Å²) in [4.78, 5) is 0. The standard InChI is InChI=1S/C13H7F5N2/c1-2-3-13(5-19,6-20)4-7-8(14)10(16)12(18)11(17)9(7)15/h2H,1,3-4H2. The van der Waals surface area contributed by atoms with E-state index in [2.05, 4.69) is 6.58 Å². The van der Waals surface area contributed by atoms with Crippen LogP contribution in [0.5, 0.6) is 0 Å². The van der Waals surface area contributed by atoms with E-state index in [1.807, 2.05) is 0 Å². The number of nitrogens with zero attached hydrogens (tertiary/aromatic N) is 2. The fourth-order valence-corrected chi connectivity index (χ4v) is 1.62. The third-order valence-corrected chi connectivity index (χ3v) is 2.70. The minimum absolute atomic E-state index is 0.278. The van der Waals surface area contributed by atoms with Crippen molar-refractivity contribution in [1.29, 1.82) is 10.5 Å². The van der Waals surface area contributed by atoms with Crippen LogP contribution in [0.25, 0.3) is 0 Å². The predicted molar refractivity (Wildman–Crippen MR) is 58.4 cm³/mol. The number of benzene rings is 1.